The number of aryl methyl sites for hydroxylation is 1. The van der Waals surface area contributed by atoms with E-state index in [1.54, 1.807) is 0 Å². The van der Waals surface area contributed by atoms with Crippen molar-refractivity contribution >= 4 is 11.8 Å². The Morgan fingerprint density at radius 1 is 1.12 bits per heavy atom. The van der Waals surface area contributed by atoms with E-state index in [9.17, 15) is 33.6 Å². The van der Waals surface area contributed by atoms with Crippen molar-refractivity contribution in [2.75, 3.05) is 13.2 Å². The second kappa shape index (κ2) is 11.9. The molecule has 5 rings (SSSR count). The van der Waals surface area contributed by atoms with E-state index in [-0.39, 0.29) is 11.3 Å². The van der Waals surface area contributed by atoms with E-state index < -0.39 is 70.3 Å². The highest BCUT2D eigenvalue weighted by Gasteiger charge is 2.51. The number of hydrogen-bond donors (Lipinski definition) is 4. The van der Waals surface area contributed by atoms with Crippen LogP contribution in [0, 0.1) is 24.4 Å². The van der Waals surface area contributed by atoms with E-state index in [0.29, 0.717) is 19.4 Å². The van der Waals surface area contributed by atoms with Crippen LogP contribution in [0.1, 0.15) is 49.1 Å². The van der Waals surface area contributed by atoms with Crippen molar-refractivity contribution < 1.29 is 43.1 Å². The standard InChI is InChI=1S/C29H34F3N3O6S/c1-15-6-4-5-7-17(15)26(29(39)8-9-40-28(2,3)14-29)42-27-25(38)23(24(37)21(13-36)41-27)35-12-20(33-34-35)16-10-18(30)22(32)19(31)11-16/h4-7,10-12,21,23-27,36-39H,8-9,13-14H2,1-3H3/t21-,23+,24+,25-,26+,27+,29-/m1/s1. The molecule has 2 aromatic carbocycles. The predicted molar refractivity (Wildman–Crippen MR) is 148 cm³/mol. The van der Waals surface area contributed by atoms with Crippen LogP contribution in [0.2, 0.25) is 0 Å². The minimum absolute atomic E-state index is 0.0278. The molecule has 0 saturated carbocycles. The highest BCUT2D eigenvalue weighted by atomic mass is 32.2. The van der Waals surface area contributed by atoms with Crippen molar-refractivity contribution in [1.82, 2.24) is 15.0 Å². The van der Waals surface area contributed by atoms with Gasteiger partial charge in [-0.25, -0.2) is 17.9 Å². The van der Waals surface area contributed by atoms with Gasteiger partial charge in [0.1, 0.15) is 35.5 Å². The molecule has 13 heteroatoms. The lowest BCUT2D eigenvalue weighted by Gasteiger charge is -2.48. The molecular formula is C29H34F3N3O6S. The van der Waals surface area contributed by atoms with Crippen LogP contribution in [-0.2, 0) is 9.47 Å². The Labute approximate surface area is 245 Å². The molecule has 3 heterocycles. The first-order chi connectivity index (χ1) is 19.8. The quantitative estimate of drug-likeness (QED) is 0.298. The van der Waals surface area contributed by atoms with Crippen LogP contribution < -0.4 is 0 Å². The largest absolute Gasteiger partial charge is 0.394 e. The molecule has 42 heavy (non-hydrogen) atoms. The fourth-order valence-electron chi connectivity index (χ4n) is 5.86. The van der Waals surface area contributed by atoms with Gasteiger partial charge in [-0.1, -0.05) is 29.5 Å². The molecule has 0 amide bonds. The number of rotatable bonds is 7. The van der Waals surface area contributed by atoms with Gasteiger partial charge < -0.3 is 29.9 Å². The van der Waals surface area contributed by atoms with E-state index >= 15 is 0 Å². The fraction of sp³-hybridized carbons (Fsp3) is 0.517. The number of aromatic nitrogens is 3. The second-order valence-electron chi connectivity index (χ2n) is 11.5. The van der Waals surface area contributed by atoms with E-state index in [4.69, 9.17) is 9.47 Å². The summed E-state index contributed by atoms with van der Waals surface area (Å²) >= 11 is 1.17. The van der Waals surface area contributed by atoms with Crippen LogP contribution in [0.15, 0.2) is 42.6 Å². The lowest BCUT2D eigenvalue weighted by molar-refractivity contribution is -0.179. The Morgan fingerprint density at radius 2 is 1.81 bits per heavy atom. The van der Waals surface area contributed by atoms with Gasteiger partial charge in [-0.3, -0.25) is 0 Å². The molecule has 2 aliphatic rings. The maximum absolute atomic E-state index is 13.9. The summed E-state index contributed by atoms with van der Waals surface area (Å²) < 4.78 is 54.2. The van der Waals surface area contributed by atoms with Gasteiger partial charge in [0.2, 0.25) is 0 Å². The Hall–Kier alpha value is -2.52. The van der Waals surface area contributed by atoms with Gasteiger partial charge in [-0.2, -0.15) is 0 Å². The van der Waals surface area contributed by atoms with Gasteiger partial charge >= 0.3 is 0 Å². The average molecular weight is 610 g/mol. The van der Waals surface area contributed by atoms with E-state index in [1.165, 1.54) is 18.0 Å². The third kappa shape index (κ3) is 5.96. The molecule has 2 saturated heterocycles. The van der Waals surface area contributed by atoms with Crippen LogP contribution in [0.4, 0.5) is 13.2 Å². The SMILES string of the molecule is Cc1ccccc1[C@H](S[C@@H]1O[C@H](CO)[C@H](O)[C@H](n2cc(-c3cc(F)c(F)c(F)c3)nn2)[C@H]1O)[C@@]1(O)CCOC(C)(C)C1. The van der Waals surface area contributed by atoms with Crippen LogP contribution >= 0.6 is 11.8 Å². The molecule has 3 aromatic rings. The van der Waals surface area contributed by atoms with Gasteiger partial charge in [0.05, 0.1) is 35.9 Å². The fourth-order valence-corrected chi connectivity index (χ4v) is 7.52. The summed E-state index contributed by atoms with van der Waals surface area (Å²) in [4.78, 5) is 0. The van der Waals surface area contributed by atoms with Crippen molar-refractivity contribution in [2.24, 2.45) is 0 Å². The lowest BCUT2D eigenvalue weighted by Crippen LogP contribution is -2.56. The first-order valence-electron chi connectivity index (χ1n) is 13.6. The predicted octanol–water partition coefficient (Wildman–Crippen LogP) is 3.45. The maximum atomic E-state index is 13.9. The van der Waals surface area contributed by atoms with Gasteiger partial charge in [0.25, 0.3) is 0 Å². The number of hydrogen-bond acceptors (Lipinski definition) is 9. The molecule has 2 aliphatic heterocycles. The van der Waals surface area contributed by atoms with Crippen LogP contribution in [0.3, 0.4) is 0 Å². The summed E-state index contributed by atoms with van der Waals surface area (Å²) in [6.07, 6.45) is -2.10. The number of thioether (sulfide) groups is 1. The zero-order chi connectivity index (χ0) is 30.4. The van der Waals surface area contributed by atoms with Crippen molar-refractivity contribution in [2.45, 2.75) is 79.9 Å². The third-order valence-corrected chi connectivity index (χ3v) is 9.56. The molecule has 0 aliphatic carbocycles. The monoisotopic (exact) mass is 609 g/mol. The molecule has 0 unspecified atom stereocenters. The zero-order valence-corrected chi connectivity index (χ0v) is 24.1. The number of benzene rings is 2. The van der Waals surface area contributed by atoms with Gasteiger partial charge in [-0.05, 0) is 44.0 Å². The number of ether oxygens (including phenoxy) is 2. The molecule has 0 spiro atoms. The average Bonchev–Trinajstić information content (AvgIpc) is 3.41. The normalized spacial score (nSPS) is 30.3. The summed E-state index contributed by atoms with van der Waals surface area (Å²) in [5, 5.41) is 52.0. The summed E-state index contributed by atoms with van der Waals surface area (Å²) in [5.74, 6) is -4.43. The van der Waals surface area contributed by atoms with Crippen LogP contribution in [0.5, 0.6) is 0 Å². The summed E-state index contributed by atoms with van der Waals surface area (Å²) in [5.41, 5.74) is -1.27. The van der Waals surface area contributed by atoms with Crippen molar-refractivity contribution in [3.05, 3.63) is 71.2 Å². The number of aliphatic hydroxyl groups excluding tert-OH is 3. The van der Waals surface area contributed by atoms with Gasteiger partial charge in [-0.15, -0.1) is 16.9 Å². The Kier molecular flexibility index (Phi) is 8.74. The highest BCUT2D eigenvalue weighted by Crippen LogP contribution is 2.51. The lowest BCUT2D eigenvalue weighted by atomic mass is 9.79. The number of nitrogens with zero attached hydrogens (tertiary/aromatic N) is 3. The molecular weight excluding hydrogens is 575 g/mol. The van der Waals surface area contributed by atoms with Crippen molar-refractivity contribution in [3.8, 4) is 11.3 Å². The van der Waals surface area contributed by atoms with E-state index in [2.05, 4.69) is 10.3 Å². The van der Waals surface area contributed by atoms with Crippen LogP contribution in [-0.4, -0.2) is 83.6 Å². The molecule has 4 N–H and O–H groups in total. The summed E-state index contributed by atoms with van der Waals surface area (Å²) in [6.45, 7) is 5.47. The maximum Gasteiger partial charge on any atom is 0.194 e. The second-order valence-corrected chi connectivity index (χ2v) is 12.8. The zero-order valence-electron chi connectivity index (χ0n) is 23.3. The van der Waals surface area contributed by atoms with E-state index in [1.807, 2.05) is 45.0 Å². The minimum atomic E-state index is -1.62. The summed E-state index contributed by atoms with van der Waals surface area (Å²) in [7, 11) is 0. The Balaban J connectivity index is 1.49. The van der Waals surface area contributed by atoms with Crippen molar-refractivity contribution in [3.63, 3.8) is 0 Å². The van der Waals surface area contributed by atoms with Gasteiger partial charge in [0.15, 0.2) is 17.5 Å². The van der Waals surface area contributed by atoms with Crippen molar-refractivity contribution in [1.29, 1.82) is 0 Å². The highest BCUT2D eigenvalue weighted by molar-refractivity contribution is 8.00. The van der Waals surface area contributed by atoms with Crippen LogP contribution in [0.25, 0.3) is 11.3 Å². The molecule has 0 bridgehead atoms. The summed E-state index contributed by atoms with van der Waals surface area (Å²) in [6, 6.07) is 7.92. The first-order valence-corrected chi connectivity index (χ1v) is 14.5. The molecule has 1 aromatic heterocycles. The Morgan fingerprint density at radius 3 is 2.45 bits per heavy atom. The number of halogens is 3. The van der Waals surface area contributed by atoms with Gasteiger partial charge in [0, 0.05) is 18.4 Å². The molecule has 0 radical (unpaired) electrons. The molecule has 7 atom stereocenters. The Bertz CT molecular complexity index is 1400. The molecule has 228 valence electrons. The van der Waals surface area contributed by atoms with E-state index in [0.717, 1.165) is 27.9 Å². The first kappa shape index (κ1) is 30.9. The minimum Gasteiger partial charge on any atom is -0.394 e. The third-order valence-electron chi connectivity index (χ3n) is 7.93. The molecule has 2 fully saturated rings. The topological polar surface area (TPSA) is 130 Å². The molecule has 9 nitrogen and oxygen atoms in total. The smallest absolute Gasteiger partial charge is 0.194 e. The number of aliphatic hydroxyl groups is 4.